The number of nitrogens with one attached hydrogen (secondary N) is 2. The summed E-state index contributed by atoms with van der Waals surface area (Å²) in [5.74, 6) is -0.00380. The Morgan fingerprint density at radius 1 is 0.844 bits per heavy atom. The molecule has 7 heteroatoms. The summed E-state index contributed by atoms with van der Waals surface area (Å²) in [5.41, 5.74) is 4.33. The lowest BCUT2D eigenvalue weighted by Gasteiger charge is -2.07. The number of amides is 2. The van der Waals surface area contributed by atoms with Crippen molar-refractivity contribution in [2.75, 3.05) is 18.1 Å². The smallest absolute Gasteiger partial charge is 0.256 e. The fourth-order valence-corrected chi connectivity index (χ4v) is 4.99. The standard InChI is InChI=1S/C25H21N3O2S2/c1-26-21(29)16-31-25-27-22(19-10-6-3-7-11-19)24(32-25)28-23(30)20-14-12-18(13-15-20)17-8-4-2-5-9-17/h2-15H,16H2,1H3,(H,26,29)(H,28,30). The molecule has 0 aliphatic rings. The van der Waals surface area contributed by atoms with Gasteiger partial charge in [0.1, 0.15) is 10.7 Å². The molecule has 0 aliphatic carbocycles. The highest BCUT2D eigenvalue weighted by molar-refractivity contribution is 8.01. The first-order valence-electron chi connectivity index (χ1n) is 10.0. The summed E-state index contributed by atoms with van der Waals surface area (Å²) in [6.45, 7) is 0. The molecular weight excluding hydrogens is 438 g/mol. The van der Waals surface area contributed by atoms with Gasteiger partial charge in [0.15, 0.2) is 4.34 Å². The molecule has 0 aliphatic heterocycles. The SMILES string of the molecule is CNC(=O)CSc1nc(-c2ccccc2)c(NC(=O)c2ccc(-c3ccccc3)cc2)s1. The average molecular weight is 460 g/mol. The zero-order valence-electron chi connectivity index (χ0n) is 17.4. The van der Waals surface area contributed by atoms with Gasteiger partial charge in [-0.25, -0.2) is 4.98 Å². The number of benzene rings is 3. The van der Waals surface area contributed by atoms with Crippen LogP contribution in [0.15, 0.2) is 89.3 Å². The molecular formula is C25H21N3O2S2. The van der Waals surface area contributed by atoms with E-state index in [9.17, 15) is 9.59 Å². The van der Waals surface area contributed by atoms with E-state index in [0.717, 1.165) is 21.0 Å². The zero-order valence-corrected chi connectivity index (χ0v) is 19.0. The highest BCUT2D eigenvalue weighted by Crippen LogP contribution is 2.37. The molecule has 0 saturated carbocycles. The molecule has 4 aromatic rings. The second-order valence-electron chi connectivity index (χ2n) is 6.88. The van der Waals surface area contributed by atoms with E-state index < -0.39 is 0 Å². The topological polar surface area (TPSA) is 71.1 Å². The third-order valence-electron chi connectivity index (χ3n) is 4.74. The Balaban J connectivity index is 1.56. The summed E-state index contributed by atoms with van der Waals surface area (Å²) in [6.07, 6.45) is 0. The van der Waals surface area contributed by atoms with E-state index in [4.69, 9.17) is 0 Å². The second-order valence-corrected chi connectivity index (χ2v) is 9.10. The van der Waals surface area contributed by atoms with Crippen LogP contribution in [0, 0.1) is 0 Å². The van der Waals surface area contributed by atoms with Crippen molar-refractivity contribution >= 4 is 39.9 Å². The van der Waals surface area contributed by atoms with E-state index in [2.05, 4.69) is 15.6 Å². The molecule has 0 radical (unpaired) electrons. The fourth-order valence-electron chi connectivity index (χ4n) is 3.06. The molecule has 32 heavy (non-hydrogen) atoms. The molecule has 4 rings (SSSR count). The van der Waals surface area contributed by atoms with Crippen LogP contribution in [0.5, 0.6) is 0 Å². The lowest BCUT2D eigenvalue weighted by molar-refractivity contribution is -0.118. The fraction of sp³-hybridized carbons (Fsp3) is 0.0800. The normalized spacial score (nSPS) is 10.5. The van der Waals surface area contributed by atoms with Crippen molar-refractivity contribution < 1.29 is 9.59 Å². The monoisotopic (exact) mass is 459 g/mol. The van der Waals surface area contributed by atoms with Crippen molar-refractivity contribution in [3.63, 3.8) is 0 Å². The molecule has 0 fully saturated rings. The van der Waals surface area contributed by atoms with Crippen LogP contribution in [0.3, 0.4) is 0 Å². The van der Waals surface area contributed by atoms with Gasteiger partial charge in [-0.1, -0.05) is 95.9 Å². The minimum Gasteiger partial charge on any atom is -0.358 e. The van der Waals surface area contributed by atoms with Crippen LogP contribution in [-0.4, -0.2) is 29.6 Å². The first-order valence-corrected chi connectivity index (χ1v) is 11.8. The number of carbonyl (C=O) groups is 2. The van der Waals surface area contributed by atoms with Crippen molar-refractivity contribution in [2.24, 2.45) is 0 Å². The highest BCUT2D eigenvalue weighted by atomic mass is 32.2. The first kappa shape index (κ1) is 21.8. The van der Waals surface area contributed by atoms with Crippen LogP contribution >= 0.6 is 23.1 Å². The third kappa shape index (κ3) is 5.25. The van der Waals surface area contributed by atoms with Gasteiger partial charge in [-0.05, 0) is 23.3 Å². The molecule has 160 valence electrons. The first-order chi connectivity index (χ1) is 15.6. The highest BCUT2D eigenvalue weighted by Gasteiger charge is 2.17. The van der Waals surface area contributed by atoms with Gasteiger partial charge in [0, 0.05) is 18.2 Å². The van der Waals surface area contributed by atoms with E-state index in [1.165, 1.54) is 23.1 Å². The van der Waals surface area contributed by atoms with Crippen LogP contribution in [0.4, 0.5) is 5.00 Å². The van der Waals surface area contributed by atoms with Gasteiger partial charge in [0.25, 0.3) is 5.91 Å². The maximum atomic E-state index is 13.0. The molecule has 0 atom stereocenters. The number of anilines is 1. The Hall–Kier alpha value is -3.42. The van der Waals surface area contributed by atoms with Crippen LogP contribution in [0.2, 0.25) is 0 Å². The van der Waals surface area contributed by atoms with E-state index in [1.54, 1.807) is 7.05 Å². The Kier molecular flexibility index (Phi) is 6.99. The van der Waals surface area contributed by atoms with Crippen molar-refractivity contribution in [3.05, 3.63) is 90.5 Å². The summed E-state index contributed by atoms with van der Waals surface area (Å²) in [4.78, 5) is 29.3. The number of aromatic nitrogens is 1. The van der Waals surface area contributed by atoms with Crippen LogP contribution in [-0.2, 0) is 4.79 Å². The lowest BCUT2D eigenvalue weighted by Crippen LogP contribution is -2.19. The summed E-state index contributed by atoms with van der Waals surface area (Å²) in [7, 11) is 1.61. The predicted molar refractivity (Wildman–Crippen MR) is 132 cm³/mol. The van der Waals surface area contributed by atoms with Gasteiger partial charge in [0.2, 0.25) is 5.91 Å². The Morgan fingerprint density at radius 3 is 2.06 bits per heavy atom. The van der Waals surface area contributed by atoms with Crippen molar-refractivity contribution in [1.82, 2.24) is 10.3 Å². The maximum absolute atomic E-state index is 13.0. The van der Waals surface area contributed by atoms with Gasteiger partial charge in [-0.15, -0.1) is 0 Å². The average Bonchev–Trinajstić information content (AvgIpc) is 3.26. The maximum Gasteiger partial charge on any atom is 0.256 e. The van der Waals surface area contributed by atoms with Crippen LogP contribution < -0.4 is 10.6 Å². The summed E-state index contributed by atoms with van der Waals surface area (Å²) < 4.78 is 0.724. The van der Waals surface area contributed by atoms with Crippen LogP contribution in [0.1, 0.15) is 10.4 Å². The number of thiazole rings is 1. The van der Waals surface area contributed by atoms with Gasteiger partial charge in [-0.2, -0.15) is 0 Å². The zero-order chi connectivity index (χ0) is 22.3. The number of nitrogens with zero attached hydrogens (tertiary/aromatic N) is 1. The van der Waals surface area contributed by atoms with E-state index in [1.807, 2.05) is 84.9 Å². The largest absolute Gasteiger partial charge is 0.358 e. The number of hydrogen-bond donors (Lipinski definition) is 2. The quantitative estimate of drug-likeness (QED) is 0.355. The number of hydrogen-bond acceptors (Lipinski definition) is 5. The molecule has 0 spiro atoms. The number of carbonyl (C=O) groups excluding carboxylic acids is 2. The van der Waals surface area contributed by atoms with Crippen molar-refractivity contribution in [1.29, 1.82) is 0 Å². The molecule has 5 nitrogen and oxygen atoms in total. The predicted octanol–water partition coefficient (Wildman–Crippen LogP) is 5.57. The van der Waals surface area contributed by atoms with Crippen LogP contribution in [0.25, 0.3) is 22.4 Å². The number of thioether (sulfide) groups is 1. The van der Waals surface area contributed by atoms with Gasteiger partial charge in [0.05, 0.1) is 5.75 Å². The van der Waals surface area contributed by atoms with Crippen molar-refractivity contribution in [3.8, 4) is 22.4 Å². The Labute approximate surface area is 194 Å². The third-order valence-corrected chi connectivity index (χ3v) is 6.86. The minimum absolute atomic E-state index is 0.0736. The van der Waals surface area contributed by atoms with Gasteiger partial charge in [-0.3, -0.25) is 9.59 Å². The Bertz CT molecular complexity index is 1210. The van der Waals surface area contributed by atoms with E-state index in [0.29, 0.717) is 16.3 Å². The number of rotatable bonds is 7. The molecule has 1 heterocycles. The molecule has 0 bridgehead atoms. The molecule has 0 saturated heterocycles. The summed E-state index contributed by atoms with van der Waals surface area (Å²) in [6, 6.07) is 27.3. The Morgan fingerprint density at radius 2 is 1.44 bits per heavy atom. The van der Waals surface area contributed by atoms with E-state index in [-0.39, 0.29) is 17.6 Å². The lowest BCUT2D eigenvalue weighted by atomic mass is 10.0. The summed E-state index contributed by atoms with van der Waals surface area (Å²) in [5, 5.41) is 6.28. The molecule has 2 N–H and O–H groups in total. The van der Waals surface area contributed by atoms with Gasteiger partial charge >= 0.3 is 0 Å². The second kappa shape index (κ2) is 10.3. The molecule has 1 aromatic heterocycles. The van der Waals surface area contributed by atoms with Gasteiger partial charge < -0.3 is 10.6 Å². The molecule has 3 aromatic carbocycles. The minimum atomic E-state index is -0.201. The molecule has 2 amide bonds. The molecule has 0 unspecified atom stereocenters. The van der Waals surface area contributed by atoms with Crippen molar-refractivity contribution in [2.45, 2.75) is 4.34 Å². The summed E-state index contributed by atoms with van der Waals surface area (Å²) >= 11 is 2.72. The van der Waals surface area contributed by atoms with E-state index >= 15 is 0 Å².